The molecule has 7 aromatic rings. The van der Waals surface area contributed by atoms with Gasteiger partial charge in [0.25, 0.3) is 0 Å². The van der Waals surface area contributed by atoms with Gasteiger partial charge in [0, 0.05) is 34.3 Å². The highest BCUT2D eigenvalue weighted by Gasteiger charge is 2.07. The Kier molecular flexibility index (Phi) is 4.78. The summed E-state index contributed by atoms with van der Waals surface area (Å²) in [5.41, 5.74) is 8.38. The summed E-state index contributed by atoms with van der Waals surface area (Å²) >= 11 is 0. The summed E-state index contributed by atoms with van der Waals surface area (Å²) in [4.78, 5) is 14.0. The molecule has 0 aliphatic rings. The second-order valence-electron chi connectivity index (χ2n) is 9.01. The lowest BCUT2D eigenvalue weighted by Gasteiger charge is -2.09. The minimum atomic E-state index is 0.933. The van der Waals surface area contributed by atoms with Crippen LogP contribution >= 0.6 is 0 Å². The van der Waals surface area contributed by atoms with E-state index in [1.807, 2.05) is 18.3 Å². The van der Waals surface area contributed by atoms with Crippen molar-refractivity contribution < 1.29 is 0 Å². The number of fused-ring (bicyclic) bond motifs is 3. The molecule has 0 unspecified atom stereocenters. The largest absolute Gasteiger partial charge is 0.264 e. The Labute approximate surface area is 208 Å². The quantitative estimate of drug-likeness (QED) is 0.267. The van der Waals surface area contributed by atoms with Crippen LogP contribution in [0.5, 0.6) is 0 Å². The van der Waals surface area contributed by atoms with Gasteiger partial charge in [-0.25, -0.2) is 9.97 Å². The molecule has 0 radical (unpaired) electrons. The number of pyridine rings is 3. The normalized spacial score (nSPS) is 11.3. The summed E-state index contributed by atoms with van der Waals surface area (Å²) in [6.45, 7) is 0. The van der Waals surface area contributed by atoms with Crippen molar-refractivity contribution in [1.82, 2.24) is 15.0 Å². The van der Waals surface area contributed by atoms with Crippen molar-refractivity contribution in [2.45, 2.75) is 0 Å². The van der Waals surface area contributed by atoms with Crippen molar-refractivity contribution in [3.63, 3.8) is 0 Å². The van der Waals surface area contributed by atoms with Gasteiger partial charge in [-0.15, -0.1) is 0 Å². The average molecular weight is 460 g/mol. The molecule has 0 saturated heterocycles. The van der Waals surface area contributed by atoms with Crippen LogP contribution in [0.15, 0.2) is 128 Å². The van der Waals surface area contributed by atoms with E-state index < -0.39 is 0 Å². The highest BCUT2D eigenvalue weighted by Crippen LogP contribution is 2.30. The van der Waals surface area contributed by atoms with Crippen LogP contribution in [0, 0.1) is 0 Å². The molecule has 4 aromatic carbocycles. The Morgan fingerprint density at radius 2 is 0.972 bits per heavy atom. The molecule has 0 saturated carbocycles. The van der Waals surface area contributed by atoms with Crippen molar-refractivity contribution in [2.24, 2.45) is 0 Å². The van der Waals surface area contributed by atoms with Crippen LogP contribution in [-0.2, 0) is 0 Å². The molecule has 168 valence electrons. The Bertz CT molecular complexity index is 1890. The van der Waals surface area contributed by atoms with Crippen LogP contribution < -0.4 is 0 Å². The van der Waals surface area contributed by atoms with Gasteiger partial charge in [0.2, 0.25) is 0 Å². The van der Waals surface area contributed by atoms with Crippen LogP contribution in [0.4, 0.5) is 0 Å². The second-order valence-corrected chi connectivity index (χ2v) is 9.01. The number of hydrogen-bond donors (Lipinski definition) is 0. The first-order valence-electron chi connectivity index (χ1n) is 12.0. The van der Waals surface area contributed by atoms with Gasteiger partial charge < -0.3 is 0 Å². The third-order valence-corrected chi connectivity index (χ3v) is 6.71. The van der Waals surface area contributed by atoms with Crippen LogP contribution in [0.3, 0.4) is 0 Å². The van der Waals surface area contributed by atoms with Gasteiger partial charge in [0.1, 0.15) is 0 Å². The maximum absolute atomic E-state index is 4.96. The summed E-state index contributed by atoms with van der Waals surface area (Å²) in [6.07, 6.45) is 3.62. The first kappa shape index (κ1) is 20.5. The SMILES string of the molecule is c1cncc(-c2ccc3cc(-c4ccc5nc(-c6ccc7ccccc7c6)ccc5c4)ccc3n2)c1. The predicted molar refractivity (Wildman–Crippen MR) is 149 cm³/mol. The summed E-state index contributed by atoms with van der Waals surface area (Å²) in [5, 5.41) is 4.71. The summed E-state index contributed by atoms with van der Waals surface area (Å²) in [7, 11) is 0. The monoisotopic (exact) mass is 459 g/mol. The zero-order chi connectivity index (χ0) is 23.9. The fourth-order valence-corrected chi connectivity index (χ4v) is 4.79. The lowest BCUT2D eigenvalue weighted by Crippen LogP contribution is -1.88. The molecule has 3 heteroatoms. The zero-order valence-electron chi connectivity index (χ0n) is 19.5. The molecule has 0 amide bonds. The average Bonchev–Trinajstić information content (AvgIpc) is 2.96. The van der Waals surface area contributed by atoms with Crippen molar-refractivity contribution in [1.29, 1.82) is 0 Å². The van der Waals surface area contributed by atoms with E-state index >= 15 is 0 Å². The van der Waals surface area contributed by atoms with Gasteiger partial charge in [-0.3, -0.25) is 4.98 Å². The molecule has 0 bridgehead atoms. The minimum absolute atomic E-state index is 0.933. The lowest BCUT2D eigenvalue weighted by molar-refractivity contribution is 1.30. The Morgan fingerprint density at radius 1 is 0.389 bits per heavy atom. The predicted octanol–water partition coefficient (Wildman–Crippen LogP) is 8.33. The Morgan fingerprint density at radius 3 is 1.64 bits per heavy atom. The first-order valence-corrected chi connectivity index (χ1v) is 12.0. The summed E-state index contributed by atoms with van der Waals surface area (Å²) < 4.78 is 0. The van der Waals surface area contributed by atoms with Crippen molar-refractivity contribution in [2.75, 3.05) is 0 Å². The summed E-state index contributed by atoms with van der Waals surface area (Å²) in [6, 6.07) is 40.3. The number of aromatic nitrogens is 3. The van der Waals surface area contributed by atoms with E-state index in [0.29, 0.717) is 0 Å². The van der Waals surface area contributed by atoms with Crippen molar-refractivity contribution in [3.8, 4) is 33.6 Å². The van der Waals surface area contributed by atoms with Crippen molar-refractivity contribution >= 4 is 32.6 Å². The molecule has 3 heterocycles. The van der Waals surface area contributed by atoms with E-state index in [0.717, 1.165) is 44.3 Å². The van der Waals surface area contributed by atoms with Gasteiger partial charge in [-0.1, -0.05) is 60.7 Å². The number of benzene rings is 4. The smallest absolute Gasteiger partial charge is 0.0725 e. The molecule has 3 aromatic heterocycles. The molecule has 0 fully saturated rings. The maximum atomic E-state index is 4.96. The fourth-order valence-electron chi connectivity index (χ4n) is 4.79. The maximum Gasteiger partial charge on any atom is 0.0725 e. The van der Waals surface area contributed by atoms with E-state index in [2.05, 4.69) is 108 Å². The second kappa shape index (κ2) is 8.40. The van der Waals surface area contributed by atoms with Crippen LogP contribution in [0.25, 0.3) is 66.2 Å². The molecular weight excluding hydrogens is 438 g/mol. The molecule has 36 heavy (non-hydrogen) atoms. The number of nitrogens with zero attached hydrogens (tertiary/aromatic N) is 3. The molecule has 3 nitrogen and oxygen atoms in total. The van der Waals surface area contributed by atoms with E-state index in [1.54, 1.807) is 6.20 Å². The Balaban J connectivity index is 1.23. The standard InChI is InChI=1S/C33H21N3/c1-2-5-23-18-26(8-7-22(23)4-1)32-15-11-27-19-24(9-13-30(27)35-32)25-10-14-31-28(20-25)12-16-33(36-31)29-6-3-17-34-21-29/h1-21H. The molecule has 7 rings (SSSR count). The zero-order valence-corrected chi connectivity index (χ0v) is 19.5. The van der Waals surface area contributed by atoms with Crippen LogP contribution in [0.2, 0.25) is 0 Å². The molecule has 0 N–H and O–H groups in total. The molecule has 0 spiro atoms. The fraction of sp³-hybridized carbons (Fsp3) is 0. The van der Waals surface area contributed by atoms with E-state index in [9.17, 15) is 0 Å². The number of hydrogen-bond acceptors (Lipinski definition) is 3. The third kappa shape index (κ3) is 3.68. The minimum Gasteiger partial charge on any atom is -0.264 e. The molecular formula is C33H21N3. The van der Waals surface area contributed by atoms with E-state index in [1.165, 1.54) is 21.9 Å². The van der Waals surface area contributed by atoms with E-state index in [-0.39, 0.29) is 0 Å². The molecule has 0 aliphatic carbocycles. The van der Waals surface area contributed by atoms with Gasteiger partial charge in [0.05, 0.1) is 22.4 Å². The Hall–Kier alpha value is -4.89. The number of rotatable bonds is 3. The van der Waals surface area contributed by atoms with Gasteiger partial charge in [0.15, 0.2) is 0 Å². The topological polar surface area (TPSA) is 38.7 Å². The van der Waals surface area contributed by atoms with Crippen LogP contribution in [0.1, 0.15) is 0 Å². The highest BCUT2D eigenvalue weighted by molar-refractivity contribution is 5.91. The third-order valence-electron chi connectivity index (χ3n) is 6.71. The molecule has 0 aliphatic heterocycles. The van der Waals surface area contributed by atoms with Crippen molar-refractivity contribution in [3.05, 3.63) is 128 Å². The van der Waals surface area contributed by atoms with Gasteiger partial charge in [-0.2, -0.15) is 0 Å². The highest BCUT2D eigenvalue weighted by atomic mass is 14.7. The van der Waals surface area contributed by atoms with Crippen LogP contribution in [-0.4, -0.2) is 15.0 Å². The summed E-state index contributed by atoms with van der Waals surface area (Å²) in [5.74, 6) is 0. The first-order chi connectivity index (χ1) is 17.8. The van der Waals surface area contributed by atoms with Gasteiger partial charge >= 0.3 is 0 Å². The van der Waals surface area contributed by atoms with Gasteiger partial charge in [-0.05, 0) is 76.5 Å². The van der Waals surface area contributed by atoms with E-state index in [4.69, 9.17) is 9.97 Å². The lowest BCUT2D eigenvalue weighted by atomic mass is 10.00. The molecule has 0 atom stereocenters.